The van der Waals surface area contributed by atoms with E-state index in [1.54, 1.807) is 47.4 Å². The molecule has 2 unspecified atom stereocenters. The average molecular weight is 641 g/mol. The van der Waals surface area contributed by atoms with E-state index in [2.05, 4.69) is 4.72 Å². The summed E-state index contributed by atoms with van der Waals surface area (Å²) in [6, 6.07) is 13.1. The lowest BCUT2D eigenvalue weighted by Gasteiger charge is -2.34. The van der Waals surface area contributed by atoms with Crippen LogP contribution in [0.5, 0.6) is 11.5 Å². The summed E-state index contributed by atoms with van der Waals surface area (Å²) in [6.07, 6.45) is 3.30. The van der Waals surface area contributed by atoms with Gasteiger partial charge in [0.15, 0.2) is 11.5 Å². The minimum absolute atomic E-state index is 0.00897. The number of nitrogens with zero attached hydrogens (tertiary/aromatic N) is 2. The molecule has 2 saturated heterocycles. The first-order valence-corrected chi connectivity index (χ1v) is 16.8. The number of fused-ring (bicyclic) bond motifs is 1. The molecule has 5 rings (SSSR count). The van der Waals surface area contributed by atoms with Gasteiger partial charge in [-0.15, -0.1) is 0 Å². The molecule has 11 nitrogen and oxygen atoms in total. The van der Waals surface area contributed by atoms with Crippen molar-refractivity contribution in [3.8, 4) is 11.5 Å². The highest BCUT2D eigenvalue weighted by Gasteiger charge is 2.42. The number of amides is 2. The summed E-state index contributed by atoms with van der Waals surface area (Å²) in [5.41, 5.74) is 1.22. The first-order chi connectivity index (χ1) is 21.1. The summed E-state index contributed by atoms with van der Waals surface area (Å²) < 4.78 is 40.2. The van der Waals surface area contributed by atoms with Crippen LogP contribution in [0.25, 0.3) is 10.8 Å². The van der Waals surface area contributed by atoms with E-state index in [1.807, 2.05) is 0 Å². The minimum Gasteiger partial charge on any atom is -0.493 e. The van der Waals surface area contributed by atoms with Gasteiger partial charge in [0, 0.05) is 31.6 Å². The Balaban J connectivity index is 1.36. The fraction of sp³-hybridized carbons (Fsp3) is 0.387. The Hall–Kier alpha value is -3.65. The van der Waals surface area contributed by atoms with Gasteiger partial charge in [0.25, 0.3) is 0 Å². The number of benzene rings is 3. The molecule has 3 aromatic rings. The maximum Gasteiger partial charge on any atom is 0.245 e. The normalized spacial score (nSPS) is 18.0. The van der Waals surface area contributed by atoms with E-state index in [0.29, 0.717) is 47.5 Å². The molecule has 0 aromatic heterocycles. The van der Waals surface area contributed by atoms with Crippen molar-refractivity contribution in [2.24, 2.45) is 5.14 Å². The van der Waals surface area contributed by atoms with Crippen LogP contribution in [0.4, 0.5) is 0 Å². The zero-order chi connectivity index (χ0) is 31.4. The van der Waals surface area contributed by atoms with Crippen LogP contribution in [0.2, 0.25) is 0 Å². The topological polar surface area (TPSA) is 148 Å². The Bertz CT molecular complexity index is 1660. The Morgan fingerprint density at radius 1 is 0.955 bits per heavy atom. The number of likely N-dealkylation sites (tertiary alicyclic amines) is 2. The predicted molar refractivity (Wildman–Crippen MR) is 168 cm³/mol. The molecule has 13 heteroatoms. The van der Waals surface area contributed by atoms with Crippen LogP contribution in [0.3, 0.4) is 0 Å². The van der Waals surface area contributed by atoms with Crippen LogP contribution in [0.15, 0.2) is 59.5 Å². The number of carbonyl (C=O) groups is 3. The largest absolute Gasteiger partial charge is 0.493 e. The second-order valence-corrected chi connectivity index (χ2v) is 13.2. The molecule has 0 aliphatic carbocycles. The molecule has 3 aromatic carbocycles. The molecule has 234 valence electrons. The van der Waals surface area contributed by atoms with E-state index in [-0.39, 0.29) is 35.3 Å². The summed E-state index contributed by atoms with van der Waals surface area (Å²) in [6.45, 7) is 1.46. The molecule has 0 bridgehead atoms. The summed E-state index contributed by atoms with van der Waals surface area (Å²) in [5.74, 6) is 0.395. The lowest BCUT2D eigenvalue weighted by molar-refractivity contribution is -0.144. The third-order valence-electron chi connectivity index (χ3n) is 8.22. The van der Waals surface area contributed by atoms with Crippen molar-refractivity contribution in [3.05, 3.63) is 65.7 Å². The van der Waals surface area contributed by atoms with E-state index in [1.165, 1.54) is 31.3 Å². The summed E-state index contributed by atoms with van der Waals surface area (Å²) in [7, 11) is -1.05. The number of nitrogens with one attached hydrogen (secondary N) is 1. The van der Waals surface area contributed by atoms with Crippen molar-refractivity contribution in [2.75, 3.05) is 33.9 Å². The third-order valence-corrected chi connectivity index (χ3v) is 10.1. The molecule has 0 saturated carbocycles. The van der Waals surface area contributed by atoms with Crippen LogP contribution in [0, 0.1) is 0 Å². The highest BCUT2D eigenvalue weighted by molar-refractivity contribution is 8.12. The maximum atomic E-state index is 13.8. The van der Waals surface area contributed by atoms with Gasteiger partial charge in [-0.1, -0.05) is 30.3 Å². The van der Waals surface area contributed by atoms with Gasteiger partial charge in [-0.25, -0.2) is 8.42 Å². The Labute approximate surface area is 261 Å². The first-order valence-electron chi connectivity index (χ1n) is 14.4. The van der Waals surface area contributed by atoms with Gasteiger partial charge in [-0.3, -0.25) is 19.5 Å². The molecule has 2 aliphatic rings. The Kier molecular flexibility index (Phi) is 9.78. The molecule has 2 fully saturated rings. The fourth-order valence-corrected chi connectivity index (χ4v) is 7.35. The lowest BCUT2D eigenvalue weighted by atomic mass is 10.0. The molecule has 2 heterocycles. The second kappa shape index (κ2) is 13.6. The van der Waals surface area contributed by atoms with Crippen LogP contribution in [-0.2, 0) is 26.0 Å². The maximum absolute atomic E-state index is 13.8. The number of hydrogen-bond donors (Lipinski definition) is 2. The highest BCUT2D eigenvalue weighted by atomic mass is 32.2. The van der Waals surface area contributed by atoms with Gasteiger partial charge in [-0.2, -0.15) is 4.72 Å². The van der Waals surface area contributed by atoms with Crippen molar-refractivity contribution < 1.29 is 32.3 Å². The SMILES string of the molecule is COc1cc2ccc(S(=O)(=O)NC3CCN(C(Cc4ccc(C(=O)SN)cc4)C(=O)N4CCCCC4)C3=O)cc2cc1OC. The monoisotopic (exact) mass is 640 g/mol. The second-order valence-electron chi connectivity index (χ2n) is 10.9. The van der Waals surface area contributed by atoms with Crippen molar-refractivity contribution in [3.63, 3.8) is 0 Å². The first kappa shape index (κ1) is 31.8. The molecule has 2 amide bonds. The molecule has 0 radical (unpaired) electrons. The van der Waals surface area contributed by atoms with Crippen LogP contribution in [-0.4, -0.2) is 81.1 Å². The lowest BCUT2D eigenvalue weighted by Crippen LogP contribution is -2.53. The quantitative estimate of drug-likeness (QED) is 0.319. The molecular weight excluding hydrogens is 604 g/mol. The number of nitrogens with two attached hydrogens (primary N) is 1. The van der Waals surface area contributed by atoms with E-state index in [0.717, 1.165) is 30.2 Å². The zero-order valence-electron chi connectivity index (χ0n) is 24.7. The van der Waals surface area contributed by atoms with Crippen molar-refractivity contribution in [1.29, 1.82) is 0 Å². The minimum atomic E-state index is -4.08. The Morgan fingerprint density at radius 2 is 1.61 bits per heavy atom. The molecule has 2 atom stereocenters. The van der Waals surface area contributed by atoms with Crippen LogP contribution >= 0.6 is 11.9 Å². The number of sulfonamides is 1. The zero-order valence-corrected chi connectivity index (χ0v) is 26.3. The van der Waals surface area contributed by atoms with E-state index in [9.17, 15) is 22.8 Å². The summed E-state index contributed by atoms with van der Waals surface area (Å²) in [5, 5.41) is 6.53. The standard InChI is InChI=1S/C31H36N4O7S2/c1-41-27-18-22-10-11-24(17-23(22)19-28(27)42-2)44(39,40)33-25-12-15-35(29(25)36)26(30(37)34-13-4-3-5-14-34)16-20-6-8-21(9-7-20)31(38)43-32/h6-11,17-19,25-26,33H,3-5,12-16,32H2,1-2H3. The summed E-state index contributed by atoms with van der Waals surface area (Å²) >= 11 is 0.629. The van der Waals surface area contributed by atoms with Crippen molar-refractivity contribution in [1.82, 2.24) is 14.5 Å². The van der Waals surface area contributed by atoms with Crippen molar-refractivity contribution >= 4 is 49.7 Å². The van der Waals surface area contributed by atoms with Crippen molar-refractivity contribution in [2.45, 2.75) is 49.1 Å². The number of carbonyl (C=O) groups excluding carboxylic acids is 3. The molecule has 3 N–H and O–H groups in total. The number of rotatable bonds is 10. The molecule has 0 spiro atoms. The van der Waals surface area contributed by atoms with Gasteiger partial charge in [0.2, 0.25) is 27.0 Å². The third kappa shape index (κ3) is 6.70. The number of hydrogen-bond acceptors (Lipinski definition) is 9. The van der Waals surface area contributed by atoms with Gasteiger partial charge in [-0.05, 0) is 78.2 Å². The summed E-state index contributed by atoms with van der Waals surface area (Å²) in [4.78, 5) is 42.8. The Morgan fingerprint density at radius 3 is 2.25 bits per heavy atom. The predicted octanol–water partition coefficient (Wildman–Crippen LogP) is 3.11. The number of ether oxygens (including phenoxy) is 2. The van der Waals surface area contributed by atoms with Gasteiger partial charge in [0.1, 0.15) is 12.1 Å². The van der Waals surface area contributed by atoms with Crippen LogP contribution in [0.1, 0.15) is 41.6 Å². The van der Waals surface area contributed by atoms with Gasteiger partial charge < -0.3 is 19.3 Å². The van der Waals surface area contributed by atoms with Crippen LogP contribution < -0.4 is 19.3 Å². The van der Waals surface area contributed by atoms with E-state index >= 15 is 0 Å². The average Bonchev–Trinajstić information content (AvgIpc) is 3.40. The molecule has 44 heavy (non-hydrogen) atoms. The number of piperidine rings is 1. The van der Waals surface area contributed by atoms with Gasteiger partial charge >= 0.3 is 0 Å². The highest BCUT2D eigenvalue weighted by Crippen LogP contribution is 2.33. The smallest absolute Gasteiger partial charge is 0.245 e. The fourth-order valence-electron chi connectivity index (χ4n) is 5.82. The molecular formula is C31H36N4O7S2. The number of methoxy groups -OCH3 is 2. The van der Waals surface area contributed by atoms with E-state index < -0.39 is 28.0 Å². The van der Waals surface area contributed by atoms with E-state index in [4.69, 9.17) is 14.6 Å². The molecule has 2 aliphatic heterocycles. The van der Waals surface area contributed by atoms with Gasteiger partial charge in [0.05, 0.1) is 19.1 Å².